The summed E-state index contributed by atoms with van der Waals surface area (Å²) in [7, 11) is 0. The van der Waals surface area contributed by atoms with Crippen LogP contribution in [0.5, 0.6) is 0 Å². The summed E-state index contributed by atoms with van der Waals surface area (Å²) in [5, 5.41) is 3.69. The quantitative estimate of drug-likeness (QED) is 0.925. The first-order chi connectivity index (χ1) is 10.6. The van der Waals surface area contributed by atoms with Crippen LogP contribution in [0.15, 0.2) is 18.2 Å². The van der Waals surface area contributed by atoms with Crippen LogP contribution in [0.3, 0.4) is 0 Å². The van der Waals surface area contributed by atoms with Gasteiger partial charge in [0.1, 0.15) is 6.54 Å². The van der Waals surface area contributed by atoms with E-state index < -0.39 is 0 Å². The molecule has 0 aromatic heterocycles. The zero-order valence-electron chi connectivity index (χ0n) is 12.6. The van der Waals surface area contributed by atoms with Crippen molar-refractivity contribution in [2.24, 2.45) is 0 Å². The minimum absolute atomic E-state index is 0.0501. The van der Waals surface area contributed by atoms with Crippen LogP contribution in [0.2, 0.25) is 5.02 Å². The molecule has 1 aromatic carbocycles. The Morgan fingerprint density at radius 3 is 2.77 bits per heavy atom. The molecule has 0 bridgehead atoms. The van der Waals surface area contributed by atoms with Crippen molar-refractivity contribution in [3.63, 3.8) is 0 Å². The van der Waals surface area contributed by atoms with E-state index in [1.165, 1.54) is 0 Å². The maximum atomic E-state index is 12.7. The second-order valence-corrected chi connectivity index (χ2v) is 6.20. The lowest BCUT2D eigenvalue weighted by Gasteiger charge is -2.34. The molecule has 5 nitrogen and oxygen atoms in total. The molecule has 0 spiro atoms. The number of amides is 2. The number of rotatable bonds is 4. The molecular formula is C16H20ClN3O2. The summed E-state index contributed by atoms with van der Waals surface area (Å²) in [5.74, 6) is -0.0867. The van der Waals surface area contributed by atoms with E-state index in [1.807, 2.05) is 11.8 Å². The van der Waals surface area contributed by atoms with Gasteiger partial charge in [-0.15, -0.1) is 0 Å². The van der Waals surface area contributed by atoms with Crippen LogP contribution in [0, 0.1) is 0 Å². The van der Waals surface area contributed by atoms with Crippen molar-refractivity contribution in [3.8, 4) is 0 Å². The summed E-state index contributed by atoms with van der Waals surface area (Å²) in [6.07, 6.45) is 2.19. The smallest absolute Gasteiger partial charge is 0.256 e. The van der Waals surface area contributed by atoms with Gasteiger partial charge in [-0.1, -0.05) is 11.6 Å². The van der Waals surface area contributed by atoms with Gasteiger partial charge in [0.05, 0.1) is 5.56 Å². The molecule has 3 rings (SSSR count). The van der Waals surface area contributed by atoms with Crippen LogP contribution in [0.4, 0.5) is 5.69 Å². The van der Waals surface area contributed by atoms with Crippen LogP contribution < -0.4 is 5.32 Å². The average Bonchev–Trinajstić information content (AvgIpc) is 3.33. The highest BCUT2D eigenvalue weighted by atomic mass is 35.5. The van der Waals surface area contributed by atoms with Gasteiger partial charge in [-0.3, -0.25) is 9.59 Å². The number of halogens is 1. The molecule has 1 saturated heterocycles. The predicted octanol–water partition coefficient (Wildman–Crippen LogP) is 2.22. The van der Waals surface area contributed by atoms with Crippen LogP contribution in [0.25, 0.3) is 0 Å². The third-order valence-corrected chi connectivity index (χ3v) is 4.35. The first kappa shape index (κ1) is 15.2. The zero-order valence-corrected chi connectivity index (χ0v) is 13.4. The molecule has 1 aliphatic carbocycles. The van der Waals surface area contributed by atoms with Crippen LogP contribution in [-0.4, -0.2) is 53.8 Å². The fraction of sp³-hybridized carbons (Fsp3) is 0.500. The lowest BCUT2D eigenvalue weighted by molar-refractivity contribution is -0.135. The van der Waals surface area contributed by atoms with Gasteiger partial charge >= 0.3 is 0 Å². The highest BCUT2D eigenvalue weighted by molar-refractivity contribution is 6.31. The summed E-state index contributed by atoms with van der Waals surface area (Å²) in [6, 6.07) is 5.64. The Hall–Kier alpha value is -1.75. The highest BCUT2D eigenvalue weighted by Gasteiger charge is 2.37. The molecule has 1 aromatic rings. The third kappa shape index (κ3) is 3.04. The number of benzene rings is 1. The van der Waals surface area contributed by atoms with Crippen LogP contribution in [-0.2, 0) is 4.79 Å². The molecule has 22 heavy (non-hydrogen) atoms. The summed E-state index contributed by atoms with van der Waals surface area (Å²) in [6.45, 7) is 4.07. The second-order valence-electron chi connectivity index (χ2n) is 5.77. The molecule has 1 heterocycles. The Labute approximate surface area is 135 Å². The molecule has 1 N–H and O–H groups in total. The van der Waals surface area contributed by atoms with Crippen molar-refractivity contribution >= 4 is 29.1 Å². The van der Waals surface area contributed by atoms with Gasteiger partial charge < -0.3 is 15.1 Å². The fourth-order valence-corrected chi connectivity index (χ4v) is 3.01. The van der Waals surface area contributed by atoms with Crippen molar-refractivity contribution in [3.05, 3.63) is 28.8 Å². The van der Waals surface area contributed by atoms with E-state index in [1.54, 1.807) is 23.1 Å². The van der Waals surface area contributed by atoms with E-state index in [-0.39, 0.29) is 18.4 Å². The molecule has 6 heteroatoms. The largest absolute Gasteiger partial charge is 0.385 e. The second kappa shape index (κ2) is 6.16. The molecule has 2 fully saturated rings. The maximum absolute atomic E-state index is 12.7. The Morgan fingerprint density at radius 1 is 1.36 bits per heavy atom. The van der Waals surface area contributed by atoms with Crippen molar-refractivity contribution in [2.45, 2.75) is 25.8 Å². The standard InChI is InChI=1S/C16H20ClN3O2/c1-2-18-14-6-3-11(17)9-13(14)16(22)19-7-8-20(12-4-5-12)15(21)10-19/h3,6,9,12,18H,2,4-5,7-8,10H2,1H3. The maximum Gasteiger partial charge on any atom is 0.256 e. The topological polar surface area (TPSA) is 52.7 Å². The summed E-state index contributed by atoms with van der Waals surface area (Å²) >= 11 is 6.03. The Morgan fingerprint density at radius 2 is 2.14 bits per heavy atom. The van der Waals surface area contributed by atoms with E-state index in [0.717, 1.165) is 25.1 Å². The SMILES string of the molecule is CCNc1ccc(Cl)cc1C(=O)N1CCN(C2CC2)C(=O)C1. The molecular weight excluding hydrogens is 302 g/mol. The summed E-state index contributed by atoms with van der Waals surface area (Å²) in [5.41, 5.74) is 1.29. The molecule has 1 aliphatic heterocycles. The first-order valence-electron chi connectivity index (χ1n) is 7.72. The number of carbonyl (C=O) groups excluding carboxylic acids is 2. The van der Waals surface area contributed by atoms with Gasteiger partial charge in [-0.25, -0.2) is 0 Å². The third-order valence-electron chi connectivity index (χ3n) is 4.11. The van der Waals surface area contributed by atoms with E-state index in [4.69, 9.17) is 11.6 Å². The van der Waals surface area contributed by atoms with Crippen molar-refractivity contribution < 1.29 is 9.59 Å². The monoisotopic (exact) mass is 321 g/mol. The molecule has 0 radical (unpaired) electrons. The Bertz CT molecular complexity index is 601. The number of nitrogens with one attached hydrogen (secondary N) is 1. The summed E-state index contributed by atoms with van der Waals surface area (Å²) in [4.78, 5) is 28.5. The zero-order chi connectivity index (χ0) is 15.7. The van der Waals surface area contributed by atoms with Gasteiger partial charge in [0.2, 0.25) is 5.91 Å². The minimum atomic E-state index is -0.137. The van der Waals surface area contributed by atoms with Gasteiger partial charge in [0.15, 0.2) is 0 Å². The molecule has 2 aliphatic rings. The molecule has 2 amide bonds. The van der Waals surface area contributed by atoms with E-state index >= 15 is 0 Å². The van der Waals surface area contributed by atoms with Gasteiger partial charge in [-0.2, -0.15) is 0 Å². The predicted molar refractivity (Wildman–Crippen MR) is 86.3 cm³/mol. The fourth-order valence-electron chi connectivity index (χ4n) is 2.84. The van der Waals surface area contributed by atoms with Gasteiger partial charge in [0, 0.05) is 36.4 Å². The Balaban J connectivity index is 1.76. The summed E-state index contributed by atoms with van der Waals surface area (Å²) < 4.78 is 0. The minimum Gasteiger partial charge on any atom is -0.385 e. The number of carbonyl (C=O) groups is 2. The molecule has 0 atom stereocenters. The first-order valence-corrected chi connectivity index (χ1v) is 8.10. The number of hydrogen-bond acceptors (Lipinski definition) is 3. The highest BCUT2D eigenvalue weighted by Crippen LogP contribution is 2.29. The normalized spacial score (nSPS) is 18.5. The molecule has 0 unspecified atom stereocenters. The van der Waals surface area contributed by atoms with Gasteiger partial charge in [0.25, 0.3) is 5.91 Å². The number of piperazine rings is 1. The van der Waals surface area contributed by atoms with E-state index in [9.17, 15) is 9.59 Å². The van der Waals surface area contributed by atoms with Crippen molar-refractivity contribution in [2.75, 3.05) is 31.5 Å². The number of nitrogens with zero attached hydrogens (tertiary/aromatic N) is 2. The van der Waals surface area contributed by atoms with Crippen LogP contribution in [0.1, 0.15) is 30.1 Å². The molecule has 1 saturated carbocycles. The van der Waals surface area contributed by atoms with Crippen molar-refractivity contribution in [1.82, 2.24) is 9.80 Å². The number of hydrogen-bond donors (Lipinski definition) is 1. The van der Waals surface area contributed by atoms with E-state index in [2.05, 4.69) is 5.32 Å². The molecule has 118 valence electrons. The average molecular weight is 322 g/mol. The van der Waals surface area contributed by atoms with Crippen LogP contribution >= 0.6 is 11.6 Å². The van der Waals surface area contributed by atoms with E-state index in [0.29, 0.717) is 29.7 Å². The lowest BCUT2D eigenvalue weighted by Crippen LogP contribution is -2.53. The number of anilines is 1. The lowest BCUT2D eigenvalue weighted by atomic mass is 10.1. The Kier molecular flexibility index (Phi) is 4.25. The van der Waals surface area contributed by atoms with Gasteiger partial charge in [-0.05, 0) is 38.0 Å². The van der Waals surface area contributed by atoms with Crippen molar-refractivity contribution in [1.29, 1.82) is 0 Å².